The number of esters is 1. The summed E-state index contributed by atoms with van der Waals surface area (Å²) in [5, 5.41) is 3.86. The van der Waals surface area contributed by atoms with Crippen molar-refractivity contribution in [1.29, 1.82) is 0 Å². The predicted molar refractivity (Wildman–Crippen MR) is 109 cm³/mol. The lowest BCUT2D eigenvalue weighted by Gasteiger charge is -2.11. The zero-order chi connectivity index (χ0) is 20.4. The first-order valence-electron chi connectivity index (χ1n) is 9.71. The molecule has 0 saturated carbocycles. The van der Waals surface area contributed by atoms with Crippen LogP contribution < -0.4 is 10.1 Å². The normalized spacial score (nSPS) is 13.0. The summed E-state index contributed by atoms with van der Waals surface area (Å²) in [5.41, 5.74) is 3.91. The highest BCUT2D eigenvalue weighted by Gasteiger charge is 2.18. The van der Waals surface area contributed by atoms with Crippen LogP contribution in [0.15, 0.2) is 40.8 Å². The van der Waals surface area contributed by atoms with E-state index in [0.29, 0.717) is 17.0 Å². The van der Waals surface area contributed by atoms with E-state index in [1.54, 1.807) is 18.2 Å². The molecule has 0 saturated heterocycles. The van der Waals surface area contributed by atoms with Gasteiger partial charge in [-0.25, -0.2) is 4.79 Å². The Morgan fingerprint density at radius 2 is 1.93 bits per heavy atom. The fraction of sp³-hybridized carbons (Fsp3) is 0.304. The predicted octanol–water partition coefficient (Wildman–Crippen LogP) is 4.42. The topological polar surface area (TPSA) is 77.8 Å². The van der Waals surface area contributed by atoms with Crippen molar-refractivity contribution in [2.45, 2.75) is 32.6 Å². The number of benzene rings is 2. The van der Waals surface area contributed by atoms with Crippen LogP contribution in [0.5, 0.6) is 5.75 Å². The largest absolute Gasteiger partial charge is 0.484 e. The van der Waals surface area contributed by atoms with Crippen LogP contribution in [0.25, 0.3) is 11.0 Å². The SMILES string of the molecule is COC(=O)c1ccc(C)c(NC(=O)COc2ccc3oc4c(c3c2)CCCC4)c1. The number of ether oxygens (including phenoxy) is 2. The second-order valence-corrected chi connectivity index (χ2v) is 7.23. The number of aryl methyl sites for hydroxylation is 3. The van der Waals surface area contributed by atoms with Gasteiger partial charge in [-0.1, -0.05) is 6.07 Å². The number of rotatable bonds is 5. The van der Waals surface area contributed by atoms with Crippen LogP contribution in [0.3, 0.4) is 0 Å². The molecule has 1 aromatic heterocycles. The Hall–Kier alpha value is -3.28. The number of anilines is 1. The van der Waals surface area contributed by atoms with Crippen LogP contribution in [0.4, 0.5) is 5.69 Å². The van der Waals surface area contributed by atoms with Gasteiger partial charge >= 0.3 is 5.97 Å². The molecule has 0 aliphatic heterocycles. The molecular formula is C23H23NO5. The third kappa shape index (κ3) is 3.97. The van der Waals surface area contributed by atoms with Crippen molar-refractivity contribution in [2.24, 2.45) is 0 Å². The molecule has 1 amide bonds. The molecular weight excluding hydrogens is 370 g/mol. The maximum atomic E-state index is 12.4. The number of carbonyl (C=O) groups is 2. The third-order valence-corrected chi connectivity index (χ3v) is 5.23. The van der Waals surface area contributed by atoms with Crippen molar-refractivity contribution in [3.63, 3.8) is 0 Å². The summed E-state index contributed by atoms with van der Waals surface area (Å²) in [6, 6.07) is 10.7. The summed E-state index contributed by atoms with van der Waals surface area (Å²) >= 11 is 0. The fourth-order valence-corrected chi connectivity index (χ4v) is 3.67. The van der Waals surface area contributed by atoms with Crippen molar-refractivity contribution in [2.75, 3.05) is 19.0 Å². The van der Waals surface area contributed by atoms with Crippen molar-refractivity contribution >= 4 is 28.5 Å². The number of hydrogen-bond acceptors (Lipinski definition) is 5. The summed E-state index contributed by atoms with van der Waals surface area (Å²) in [7, 11) is 1.32. The number of carbonyl (C=O) groups excluding carboxylic acids is 2. The molecule has 0 fully saturated rings. The van der Waals surface area contributed by atoms with Gasteiger partial charge in [0.25, 0.3) is 5.91 Å². The Balaban J connectivity index is 1.44. The van der Waals surface area contributed by atoms with Crippen molar-refractivity contribution in [3.8, 4) is 5.75 Å². The Labute approximate surface area is 168 Å². The first-order valence-corrected chi connectivity index (χ1v) is 9.71. The second-order valence-electron chi connectivity index (χ2n) is 7.23. The van der Waals surface area contributed by atoms with E-state index < -0.39 is 5.97 Å². The standard InChI is InChI=1S/C23H23NO5/c1-14-7-8-15(23(26)27-2)11-19(14)24-22(25)13-28-16-9-10-21-18(12-16)17-5-3-4-6-20(17)29-21/h7-12H,3-6,13H2,1-2H3,(H,24,25). The molecule has 0 unspecified atom stereocenters. The molecule has 1 aliphatic carbocycles. The molecule has 150 valence electrons. The highest BCUT2D eigenvalue weighted by atomic mass is 16.5. The van der Waals surface area contributed by atoms with E-state index in [1.807, 2.05) is 25.1 Å². The van der Waals surface area contributed by atoms with Gasteiger partial charge in [-0.05, 0) is 62.1 Å². The number of fused-ring (bicyclic) bond motifs is 3. The van der Waals surface area contributed by atoms with Crippen LogP contribution in [-0.2, 0) is 22.4 Å². The summed E-state index contributed by atoms with van der Waals surface area (Å²) in [6.07, 6.45) is 4.32. The summed E-state index contributed by atoms with van der Waals surface area (Å²) in [6.45, 7) is 1.72. The molecule has 1 heterocycles. The minimum Gasteiger partial charge on any atom is -0.484 e. The third-order valence-electron chi connectivity index (χ3n) is 5.23. The Morgan fingerprint density at radius 3 is 2.76 bits per heavy atom. The van der Waals surface area contributed by atoms with E-state index in [2.05, 4.69) is 5.32 Å². The van der Waals surface area contributed by atoms with E-state index >= 15 is 0 Å². The molecule has 0 spiro atoms. The molecule has 0 radical (unpaired) electrons. The van der Waals surface area contributed by atoms with Gasteiger partial charge in [-0.3, -0.25) is 4.79 Å². The van der Waals surface area contributed by atoms with Gasteiger partial charge in [-0.2, -0.15) is 0 Å². The first kappa shape index (κ1) is 19.1. The molecule has 1 aliphatic rings. The molecule has 1 N–H and O–H groups in total. The van der Waals surface area contributed by atoms with Crippen LogP contribution in [0.1, 0.15) is 40.1 Å². The molecule has 3 aromatic rings. The summed E-state index contributed by atoms with van der Waals surface area (Å²) in [5.74, 6) is 0.946. The van der Waals surface area contributed by atoms with Gasteiger partial charge in [0.15, 0.2) is 6.61 Å². The van der Waals surface area contributed by atoms with Crippen molar-refractivity contribution in [1.82, 2.24) is 0 Å². The highest BCUT2D eigenvalue weighted by Crippen LogP contribution is 2.34. The van der Waals surface area contributed by atoms with Gasteiger partial charge in [0.2, 0.25) is 0 Å². The Kier molecular flexibility index (Phi) is 5.25. The number of furan rings is 1. The van der Waals surface area contributed by atoms with E-state index in [4.69, 9.17) is 13.9 Å². The molecule has 29 heavy (non-hydrogen) atoms. The molecule has 2 aromatic carbocycles. The number of amides is 1. The number of hydrogen-bond donors (Lipinski definition) is 1. The van der Waals surface area contributed by atoms with E-state index in [0.717, 1.165) is 41.6 Å². The van der Waals surface area contributed by atoms with E-state index in [-0.39, 0.29) is 12.5 Å². The summed E-state index contributed by atoms with van der Waals surface area (Å²) < 4.78 is 16.4. The van der Waals surface area contributed by atoms with Crippen LogP contribution in [-0.4, -0.2) is 25.6 Å². The lowest BCUT2D eigenvalue weighted by Crippen LogP contribution is -2.21. The zero-order valence-corrected chi connectivity index (χ0v) is 16.5. The number of methoxy groups -OCH3 is 1. The minimum absolute atomic E-state index is 0.132. The molecule has 0 bridgehead atoms. The monoisotopic (exact) mass is 393 g/mol. The van der Waals surface area contributed by atoms with Gasteiger partial charge in [0.1, 0.15) is 17.1 Å². The molecule has 4 rings (SSSR count). The van der Waals surface area contributed by atoms with Gasteiger partial charge in [-0.15, -0.1) is 0 Å². The maximum absolute atomic E-state index is 12.4. The average molecular weight is 393 g/mol. The second kappa shape index (κ2) is 7.99. The smallest absolute Gasteiger partial charge is 0.337 e. The van der Waals surface area contributed by atoms with E-state index in [9.17, 15) is 9.59 Å². The minimum atomic E-state index is -0.450. The van der Waals surface area contributed by atoms with Crippen LogP contribution in [0.2, 0.25) is 0 Å². The van der Waals surface area contributed by atoms with Crippen LogP contribution >= 0.6 is 0 Å². The lowest BCUT2D eigenvalue weighted by atomic mass is 9.96. The van der Waals surface area contributed by atoms with Crippen LogP contribution in [0, 0.1) is 6.92 Å². The Bertz CT molecular complexity index is 1080. The first-order chi connectivity index (χ1) is 14.0. The quantitative estimate of drug-likeness (QED) is 0.649. The number of nitrogens with one attached hydrogen (secondary N) is 1. The molecule has 0 atom stereocenters. The van der Waals surface area contributed by atoms with Gasteiger partial charge < -0.3 is 19.2 Å². The average Bonchev–Trinajstić information content (AvgIpc) is 3.11. The van der Waals surface area contributed by atoms with Gasteiger partial charge in [0.05, 0.1) is 12.7 Å². The highest BCUT2D eigenvalue weighted by molar-refractivity contribution is 5.96. The van der Waals surface area contributed by atoms with Gasteiger partial charge in [0, 0.05) is 23.1 Å². The maximum Gasteiger partial charge on any atom is 0.337 e. The molecule has 6 nitrogen and oxygen atoms in total. The van der Waals surface area contributed by atoms with Crippen molar-refractivity contribution in [3.05, 3.63) is 58.8 Å². The molecule has 6 heteroatoms. The van der Waals surface area contributed by atoms with Crippen molar-refractivity contribution < 1.29 is 23.5 Å². The fourth-order valence-electron chi connectivity index (χ4n) is 3.67. The Morgan fingerprint density at radius 1 is 1.10 bits per heavy atom. The zero-order valence-electron chi connectivity index (χ0n) is 16.5. The summed E-state index contributed by atoms with van der Waals surface area (Å²) in [4.78, 5) is 24.1. The lowest BCUT2D eigenvalue weighted by molar-refractivity contribution is -0.118. The van der Waals surface area contributed by atoms with E-state index in [1.165, 1.54) is 19.1 Å².